The Bertz CT molecular complexity index is 549. The highest BCUT2D eigenvalue weighted by Gasteiger charge is 2.28. The lowest BCUT2D eigenvalue weighted by atomic mass is 9.91. The maximum Gasteiger partial charge on any atom is 0.129 e. The maximum absolute atomic E-state index is 13.8. The normalized spacial score (nSPS) is 14.3. The quantitative estimate of drug-likeness (QED) is 0.899. The Morgan fingerprint density at radius 1 is 1.37 bits per heavy atom. The first-order valence-electron chi connectivity index (χ1n) is 6.52. The molecule has 1 heterocycles. The number of hydrogen-bond acceptors (Lipinski definition) is 2. The van der Waals surface area contributed by atoms with Crippen molar-refractivity contribution in [3.8, 4) is 0 Å². The molecule has 2 rings (SSSR count). The highest BCUT2D eigenvalue weighted by Crippen LogP contribution is 2.26. The van der Waals surface area contributed by atoms with Crippen LogP contribution in [0.1, 0.15) is 31.7 Å². The van der Waals surface area contributed by atoms with Gasteiger partial charge in [-0.3, -0.25) is 0 Å². The topological polar surface area (TPSA) is 38.0 Å². The third-order valence-corrected chi connectivity index (χ3v) is 3.22. The summed E-state index contributed by atoms with van der Waals surface area (Å²) in [5.41, 5.74) is -0.955. The van der Waals surface area contributed by atoms with E-state index in [1.165, 1.54) is 6.07 Å². The molecule has 0 saturated carbocycles. The summed E-state index contributed by atoms with van der Waals surface area (Å²) in [7, 11) is 0. The molecule has 3 nitrogen and oxygen atoms in total. The second-order valence-corrected chi connectivity index (χ2v) is 4.97. The minimum atomic E-state index is -1.26. The van der Waals surface area contributed by atoms with Crippen LogP contribution < -0.4 is 0 Å². The fourth-order valence-electron chi connectivity index (χ4n) is 2.25. The second-order valence-electron chi connectivity index (χ2n) is 4.97. The van der Waals surface area contributed by atoms with Gasteiger partial charge in [0.05, 0.1) is 5.60 Å². The Labute approximate surface area is 112 Å². The standard InChI is InChI=1S/C15H19FN2O/c1-3-9-18-10-8-17-14(18)11-15(2,19)12-6-4-5-7-13(12)16/h4-8,10,19H,3,9,11H2,1-2H3. The van der Waals surface area contributed by atoms with E-state index in [0.29, 0.717) is 12.0 Å². The Morgan fingerprint density at radius 3 is 2.79 bits per heavy atom. The number of aliphatic hydroxyl groups is 1. The van der Waals surface area contributed by atoms with Crippen molar-refractivity contribution in [2.75, 3.05) is 0 Å². The van der Waals surface area contributed by atoms with E-state index in [4.69, 9.17) is 0 Å². The monoisotopic (exact) mass is 262 g/mol. The van der Waals surface area contributed by atoms with E-state index < -0.39 is 5.60 Å². The van der Waals surface area contributed by atoms with E-state index >= 15 is 0 Å². The molecule has 1 N–H and O–H groups in total. The average Bonchev–Trinajstić information content (AvgIpc) is 2.77. The minimum absolute atomic E-state index is 0.293. The number of hydrogen-bond donors (Lipinski definition) is 1. The summed E-state index contributed by atoms with van der Waals surface area (Å²) in [5, 5.41) is 10.5. The highest BCUT2D eigenvalue weighted by molar-refractivity contribution is 5.24. The summed E-state index contributed by atoms with van der Waals surface area (Å²) in [6.45, 7) is 4.55. The van der Waals surface area contributed by atoms with E-state index in [0.717, 1.165) is 18.8 Å². The molecular formula is C15H19FN2O. The fourth-order valence-corrected chi connectivity index (χ4v) is 2.25. The number of aromatic nitrogens is 2. The van der Waals surface area contributed by atoms with E-state index in [9.17, 15) is 9.50 Å². The van der Waals surface area contributed by atoms with Crippen LogP contribution in [0.4, 0.5) is 4.39 Å². The van der Waals surface area contributed by atoms with Crippen LogP contribution in [-0.4, -0.2) is 14.7 Å². The number of imidazole rings is 1. The molecule has 0 bridgehead atoms. The molecule has 1 aromatic heterocycles. The molecule has 0 spiro atoms. The first-order valence-corrected chi connectivity index (χ1v) is 6.52. The number of halogens is 1. The second kappa shape index (κ2) is 5.53. The van der Waals surface area contributed by atoms with Gasteiger partial charge >= 0.3 is 0 Å². The van der Waals surface area contributed by atoms with Crippen LogP contribution in [0.2, 0.25) is 0 Å². The van der Waals surface area contributed by atoms with Gasteiger partial charge in [-0.15, -0.1) is 0 Å². The van der Waals surface area contributed by atoms with Crippen LogP contribution in [0.3, 0.4) is 0 Å². The molecule has 0 fully saturated rings. The molecular weight excluding hydrogens is 243 g/mol. The van der Waals surface area contributed by atoms with Crippen LogP contribution in [-0.2, 0) is 18.6 Å². The Hall–Kier alpha value is -1.68. The lowest BCUT2D eigenvalue weighted by molar-refractivity contribution is 0.0507. The predicted molar refractivity (Wildman–Crippen MR) is 72.2 cm³/mol. The van der Waals surface area contributed by atoms with Crippen molar-refractivity contribution >= 4 is 0 Å². The third kappa shape index (κ3) is 3.01. The van der Waals surface area contributed by atoms with Gasteiger partial charge in [-0.2, -0.15) is 0 Å². The molecule has 0 saturated heterocycles. The molecule has 0 aliphatic rings. The van der Waals surface area contributed by atoms with E-state index in [-0.39, 0.29) is 5.82 Å². The summed E-state index contributed by atoms with van der Waals surface area (Å²) in [6.07, 6.45) is 4.88. The lowest BCUT2D eigenvalue weighted by Gasteiger charge is -2.24. The van der Waals surface area contributed by atoms with Crippen molar-refractivity contribution in [3.63, 3.8) is 0 Å². The molecule has 0 aliphatic heterocycles. The van der Waals surface area contributed by atoms with Crippen LogP contribution >= 0.6 is 0 Å². The molecule has 1 unspecified atom stereocenters. The molecule has 19 heavy (non-hydrogen) atoms. The lowest BCUT2D eigenvalue weighted by Crippen LogP contribution is -2.27. The molecule has 0 radical (unpaired) electrons. The molecule has 0 aliphatic carbocycles. The van der Waals surface area contributed by atoms with E-state index in [1.54, 1.807) is 31.3 Å². The molecule has 102 valence electrons. The van der Waals surface area contributed by atoms with Crippen molar-refractivity contribution < 1.29 is 9.50 Å². The van der Waals surface area contributed by atoms with Gasteiger partial charge in [0.1, 0.15) is 11.6 Å². The SMILES string of the molecule is CCCn1ccnc1CC(C)(O)c1ccccc1F. The third-order valence-electron chi connectivity index (χ3n) is 3.22. The Balaban J connectivity index is 2.26. The van der Waals surface area contributed by atoms with Gasteiger partial charge in [0.2, 0.25) is 0 Å². The van der Waals surface area contributed by atoms with Gasteiger partial charge in [-0.05, 0) is 19.4 Å². The summed E-state index contributed by atoms with van der Waals surface area (Å²) in [4.78, 5) is 4.26. The van der Waals surface area contributed by atoms with Gasteiger partial charge in [0.15, 0.2) is 0 Å². The fraction of sp³-hybridized carbons (Fsp3) is 0.400. The summed E-state index contributed by atoms with van der Waals surface area (Å²) in [5.74, 6) is 0.385. The van der Waals surface area contributed by atoms with Gasteiger partial charge in [0.25, 0.3) is 0 Å². The van der Waals surface area contributed by atoms with Crippen molar-refractivity contribution in [2.45, 2.75) is 38.8 Å². The molecule has 0 amide bonds. The predicted octanol–water partition coefficient (Wildman–Crippen LogP) is 2.88. The first-order chi connectivity index (χ1) is 9.04. The summed E-state index contributed by atoms with van der Waals surface area (Å²) >= 11 is 0. The molecule has 1 atom stereocenters. The van der Waals surface area contributed by atoms with Crippen molar-refractivity contribution in [3.05, 3.63) is 53.9 Å². The zero-order chi connectivity index (χ0) is 13.9. The minimum Gasteiger partial charge on any atom is -0.385 e. The number of aryl methyl sites for hydroxylation is 1. The number of benzene rings is 1. The van der Waals surface area contributed by atoms with Crippen LogP contribution in [0.25, 0.3) is 0 Å². The maximum atomic E-state index is 13.8. The average molecular weight is 262 g/mol. The number of rotatable bonds is 5. The van der Waals surface area contributed by atoms with Crippen LogP contribution in [0.5, 0.6) is 0 Å². The van der Waals surface area contributed by atoms with Gasteiger partial charge < -0.3 is 9.67 Å². The van der Waals surface area contributed by atoms with Gasteiger partial charge in [-0.25, -0.2) is 9.37 Å². The van der Waals surface area contributed by atoms with Crippen LogP contribution in [0, 0.1) is 5.82 Å². The smallest absolute Gasteiger partial charge is 0.129 e. The molecule has 4 heteroatoms. The Morgan fingerprint density at radius 2 is 2.11 bits per heavy atom. The zero-order valence-electron chi connectivity index (χ0n) is 11.3. The van der Waals surface area contributed by atoms with Crippen molar-refractivity contribution in [1.29, 1.82) is 0 Å². The van der Waals surface area contributed by atoms with Crippen molar-refractivity contribution in [1.82, 2.24) is 9.55 Å². The van der Waals surface area contributed by atoms with E-state index in [2.05, 4.69) is 11.9 Å². The summed E-state index contributed by atoms with van der Waals surface area (Å²) in [6, 6.07) is 6.32. The van der Waals surface area contributed by atoms with Crippen molar-refractivity contribution in [2.24, 2.45) is 0 Å². The largest absolute Gasteiger partial charge is 0.385 e. The van der Waals surface area contributed by atoms with Gasteiger partial charge in [0, 0.05) is 30.9 Å². The van der Waals surface area contributed by atoms with Gasteiger partial charge in [-0.1, -0.05) is 25.1 Å². The summed E-state index contributed by atoms with van der Waals surface area (Å²) < 4.78 is 15.8. The van der Waals surface area contributed by atoms with Crippen LogP contribution in [0.15, 0.2) is 36.7 Å². The van der Waals surface area contributed by atoms with E-state index in [1.807, 2.05) is 10.8 Å². The number of nitrogens with zero attached hydrogens (tertiary/aromatic N) is 2. The first kappa shape index (κ1) is 13.7. The molecule has 2 aromatic rings. The molecule has 1 aromatic carbocycles. The Kier molecular flexibility index (Phi) is 4.00. The zero-order valence-corrected chi connectivity index (χ0v) is 11.3. The highest BCUT2D eigenvalue weighted by atomic mass is 19.1.